The van der Waals surface area contributed by atoms with Crippen molar-refractivity contribution in [3.63, 3.8) is 0 Å². The fraction of sp³-hybridized carbons (Fsp3) is 0.373. The number of methoxy groups -OCH3 is 1. The summed E-state index contributed by atoms with van der Waals surface area (Å²) in [4.78, 5) is 67.2. The summed E-state index contributed by atoms with van der Waals surface area (Å²) < 4.78 is 13.0. The van der Waals surface area contributed by atoms with Crippen molar-refractivity contribution in [3.05, 3.63) is 123 Å². The number of thiazole rings is 1. The standard InChI is InChI=1S/C51H57N9O7S2/c1-27-30(4)69-50-43(27)44(55-39(23-42(63)66-9)47-58-57-31(5)60(47)50)33-17-19-35(20-18-33)54-36-11-10-12-38(21-36)67-25-41(62)56-46(51(6,7)8)49(65)59-24-37(61)22-40(59)48(64)53-28(2)32-13-15-34(16-14-32)45-29(3)52-26-68-45/h10-21,26,28,37,39-40,46,54,61H,22-25H2,1-9H3,(H,53,64)(H,56,62)/t28?,37-,39+,40+,46?/m1/s1. The normalized spacial score (nSPS) is 17.4. The Bertz CT molecular complexity index is 2920. The van der Waals surface area contributed by atoms with Crippen LogP contribution in [0.15, 0.2) is 83.3 Å². The predicted octanol–water partition coefficient (Wildman–Crippen LogP) is 7.63. The van der Waals surface area contributed by atoms with Crippen molar-refractivity contribution in [3.8, 4) is 21.2 Å². The van der Waals surface area contributed by atoms with Gasteiger partial charge in [0.05, 0.1) is 47.5 Å². The molecule has 18 heteroatoms. The number of aliphatic hydroxyl groups is 1. The molecule has 5 heterocycles. The monoisotopic (exact) mass is 971 g/mol. The number of aromatic nitrogens is 4. The zero-order chi connectivity index (χ0) is 49.3. The van der Waals surface area contributed by atoms with E-state index in [1.165, 1.54) is 12.0 Å². The first-order valence-electron chi connectivity index (χ1n) is 22.8. The zero-order valence-electron chi connectivity index (χ0n) is 40.1. The molecule has 6 aromatic rings. The van der Waals surface area contributed by atoms with Crippen LogP contribution in [-0.4, -0.2) is 97.6 Å². The molecule has 5 atom stereocenters. The molecule has 1 fully saturated rings. The minimum absolute atomic E-state index is 0.0103. The molecule has 0 saturated carbocycles. The summed E-state index contributed by atoms with van der Waals surface area (Å²) in [6, 6.07) is 20.0. The Morgan fingerprint density at radius 1 is 0.928 bits per heavy atom. The number of hydrogen-bond donors (Lipinski definition) is 4. The summed E-state index contributed by atoms with van der Waals surface area (Å²) in [5.74, 6) is -0.0501. The van der Waals surface area contributed by atoms with Crippen LogP contribution in [0.4, 0.5) is 11.4 Å². The highest BCUT2D eigenvalue weighted by Crippen LogP contribution is 2.40. The quantitative estimate of drug-likeness (QED) is 0.0782. The minimum atomic E-state index is -1.02. The molecule has 3 aromatic carbocycles. The highest BCUT2D eigenvalue weighted by Gasteiger charge is 2.45. The molecule has 3 amide bonds. The van der Waals surface area contributed by atoms with Gasteiger partial charge in [-0.3, -0.25) is 28.7 Å². The third kappa shape index (κ3) is 10.5. The number of amides is 3. The highest BCUT2D eigenvalue weighted by molar-refractivity contribution is 7.15. The number of aliphatic hydroxyl groups excluding tert-OH is 1. The Labute approximate surface area is 409 Å². The minimum Gasteiger partial charge on any atom is -0.484 e. The van der Waals surface area contributed by atoms with Crippen molar-refractivity contribution in [1.82, 2.24) is 35.3 Å². The number of β-amino-alcohol motifs (C(OH)–C–C–N with tert-alkyl or cyclic N) is 1. The van der Waals surface area contributed by atoms with Crippen molar-refractivity contribution in [2.75, 3.05) is 25.6 Å². The summed E-state index contributed by atoms with van der Waals surface area (Å²) in [6.45, 7) is 15.0. The number of carbonyl (C=O) groups is 4. The lowest BCUT2D eigenvalue weighted by Gasteiger charge is -2.35. The van der Waals surface area contributed by atoms with Gasteiger partial charge in [-0.25, -0.2) is 4.98 Å². The van der Waals surface area contributed by atoms with Crippen LogP contribution in [0, 0.1) is 33.1 Å². The van der Waals surface area contributed by atoms with Crippen molar-refractivity contribution < 1.29 is 33.8 Å². The number of rotatable bonds is 14. The van der Waals surface area contributed by atoms with E-state index in [-0.39, 0.29) is 37.9 Å². The maximum Gasteiger partial charge on any atom is 0.308 e. The van der Waals surface area contributed by atoms with Gasteiger partial charge in [0.1, 0.15) is 34.7 Å². The number of likely N-dealkylation sites (tertiary alicyclic amines) is 1. The molecular formula is C51H57N9O7S2. The summed E-state index contributed by atoms with van der Waals surface area (Å²) in [7, 11) is 1.36. The van der Waals surface area contributed by atoms with E-state index in [2.05, 4.69) is 45.0 Å². The smallest absolute Gasteiger partial charge is 0.308 e. The number of ether oxygens (including phenoxy) is 2. The molecule has 2 aliphatic heterocycles. The third-order valence-electron chi connectivity index (χ3n) is 12.5. The molecule has 4 N–H and O–H groups in total. The maximum absolute atomic E-state index is 14.3. The van der Waals surface area contributed by atoms with Crippen LogP contribution in [0.3, 0.4) is 0 Å². The first-order valence-corrected chi connectivity index (χ1v) is 24.5. The molecule has 16 nitrogen and oxygen atoms in total. The zero-order valence-corrected chi connectivity index (χ0v) is 41.8. The van der Waals surface area contributed by atoms with Crippen LogP contribution in [0.1, 0.15) is 97.1 Å². The second kappa shape index (κ2) is 20.1. The van der Waals surface area contributed by atoms with Gasteiger partial charge in [0.25, 0.3) is 5.91 Å². The van der Waals surface area contributed by atoms with Crippen molar-refractivity contribution in [1.29, 1.82) is 0 Å². The van der Waals surface area contributed by atoms with E-state index < -0.39 is 47.4 Å². The van der Waals surface area contributed by atoms with E-state index in [1.807, 2.05) is 106 Å². The van der Waals surface area contributed by atoms with E-state index in [0.29, 0.717) is 23.1 Å². The average molecular weight is 972 g/mol. The Kier molecular flexibility index (Phi) is 14.2. The van der Waals surface area contributed by atoms with Crippen LogP contribution >= 0.6 is 22.7 Å². The van der Waals surface area contributed by atoms with Crippen LogP contribution in [0.5, 0.6) is 5.75 Å². The molecule has 360 valence electrons. The molecule has 2 unspecified atom stereocenters. The molecule has 3 aromatic heterocycles. The lowest BCUT2D eigenvalue weighted by atomic mass is 9.85. The number of fused-ring (bicyclic) bond motifs is 3. The fourth-order valence-electron chi connectivity index (χ4n) is 8.67. The van der Waals surface area contributed by atoms with E-state index in [1.54, 1.807) is 40.9 Å². The Balaban J connectivity index is 0.903. The molecule has 2 aliphatic rings. The number of hydrogen-bond acceptors (Lipinski definition) is 14. The van der Waals surface area contributed by atoms with Crippen molar-refractivity contribution >= 4 is 63.5 Å². The van der Waals surface area contributed by atoms with Crippen LogP contribution in [0.2, 0.25) is 0 Å². The average Bonchev–Trinajstić information content (AvgIpc) is 4.09. The van der Waals surface area contributed by atoms with Gasteiger partial charge in [-0.2, -0.15) is 0 Å². The van der Waals surface area contributed by atoms with Crippen LogP contribution < -0.4 is 20.7 Å². The van der Waals surface area contributed by atoms with E-state index in [9.17, 15) is 24.3 Å². The van der Waals surface area contributed by atoms with Gasteiger partial charge >= 0.3 is 5.97 Å². The van der Waals surface area contributed by atoms with Crippen molar-refractivity contribution in [2.24, 2.45) is 10.4 Å². The predicted molar refractivity (Wildman–Crippen MR) is 266 cm³/mol. The van der Waals surface area contributed by atoms with Gasteiger partial charge in [-0.05, 0) is 81.0 Å². The number of carbonyl (C=O) groups excluding carboxylic acids is 4. The lowest BCUT2D eigenvalue weighted by Crippen LogP contribution is -2.58. The number of nitrogens with one attached hydrogen (secondary N) is 3. The first kappa shape index (κ1) is 48.7. The van der Waals surface area contributed by atoms with Gasteiger partial charge in [-0.1, -0.05) is 63.2 Å². The molecule has 0 spiro atoms. The number of aryl methyl sites for hydroxylation is 3. The molecule has 69 heavy (non-hydrogen) atoms. The number of aliphatic imine (C=N–C) groups is 1. The number of thiophene rings is 1. The summed E-state index contributed by atoms with van der Waals surface area (Å²) in [5.41, 5.74) is 9.12. The summed E-state index contributed by atoms with van der Waals surface area (Å²) >= 11 is 3.21. The van der Waals surface area contributed by atoms with Gasteiger partial charge < -0.3 is 35.4 Å². The van der Waals surface area contributed by atoms with Crippen molar-refractivity contribution in [2.45, 2.75) is 98.5 Å². The molecule has 1 saturated heterocycles. The summed E-state index contributed by atoms with van der Waals surface area (Å²) in [5, 5.41) is 29.8. The number of nitrogens with zero attached hydrogens (tertiary/aromatic N) is 6. The largest absolute Gasteiger partial charge is 0.484 e. The second-order valence-electron chi connectivity index (χ2n) is 18.6. The maximum atomic E-state index is 14.3. The number of anilines is 2. The Morgan fingerprint density at radius 3 is 2.33 bits per heavy atom. The van der Waals surface area contributed by atoms with E-state index >= 15 is 0 Å². The van der Waals surface area contributed by atoms with Gasteiger partial charge in [-0.15, -0.1) is 32.9 Å². The summed E-state index contributed by atoms with van der Waals surface area (Å²) in [6.07, 6.45) is -0.817. The third-order valence-corrected chi connectivity index (χ3v) is 14.7. The van der Waals surface area contributed by atoms with E-state index in [0.717, 1.165) is 59.7 Å². The lowest BCUT2D eigenvalue weighted by molar-refractivity contribution is -0.144. The van der Waals surface area contributed by atoms with Gasteiger partial charge in [0.2, 0.25) is 11.8 Å². The Morgan fingerprint density at radius 2 is 1.65 bits per heavy atom. The fourth-order valence-corrected chi connectivity index (χ4v) is 10.7. The second-order valence-corrected chi connectivity index (χ2v) is 20.6. The molecule has 0 bridgehead atoms. The topological polar surface area (TPSA) is 202 Å². The molecule has 0 aliphatic carbocycles. The van der Waals surface area contributed by atoms with Gasteiger partial charge in [0.15, 0.2) is 12.4 Å². The first-order chi connectivity index (χ1) is 32.9. The molecule has 8 rings (SSSR count). The van der Waals surface area contributed by atoms with Gasteiger partial charge in [0, 0.05) is 46.4 Å². The highest BCUT2D eigenvalue weighted by atomic mass is 32.1. The number of benzene rings is 3. The van der Waals surface area contributed by atoms with Crippen LogP contribution in [-0.2, 0) is 23.9 Å². The van der Waals surface area contributed by atoms with Crippen LogP contribution in [0.25, 0.3) is 15.4 Å². The van der Waals surface area contributed by atoms with E-state index in [4.69, 9.17) is 14.5 Å². The molecular weight excluding hydrogens is 915 g/mol. The SMILES string of the molecule is COC(=O)C[C@@H]1N=C(c2ccc(Nc3cccc(OCC(=O)NC(C(=O)N4C[C@H](O)C[C@H]4C(=O)NC(C)c4ccc(-c5scnc5C)cc4)C(C)(C)C)c3)cc2)c2c(sc(C)c2C)-n2c(C)nnc21. The number of esters is 1. The molecule has 0 radical (unpaired) electrons. The Hall–Kier alpha value is -6.76.